The van der Waals surface area contributed by atoms with Crippen molar-refractivity contribution in [1.29, 1.82) is 0 Å². The summed E-state index contributed by atoms with van der Waals surface area (Å²) in [7, 11) is 0. The Balaban J connectivity index is 1.09. The van der Waals surface area contributed by atoms with Crippen molar-refractivity contribution in [3.63, 3.8) is 0 Å². The van der Waals surface area contributed by atoms with Crippen LogP contribution < -0.4 is 15.4 Å². The Hall–Kier alpha value is -4.64. The normalized spacial score (nSPS) is 16.4. The van der Waals surface area contributed by atoms with E-state index in [-0.39, 0.29) is 5.60 Å². The summed E-state index contributed by atoms with van der Waals surface area (Å²) >= 11 is 0. The van der Waals surface area contributed by atoms with E-state index in [9.17, 15) is 0 Å². The zero-order valence-corrected chi connectivity index (χ0v) is 21.5. The molecule has 5 heterocycles. The molecule has 39 heavy (non-hydrogen) atoms. The summed E-state index contributed by atoms with van der Waals surface area (Å²) < 4.78 is 14.1. The van der Waals surface area contributed by atoms with Crippen LogP contribution in [-0.4, -0.2) is 60.7 Å². The van der Waals surface area contributed by atoms with E-state index in [1.807, 2.05) is 31.2 Å². The quantitative estimate of drug-likeness (QED) is 0.341. The number of fused-ring (bicyclic) bond motifs is 2. The highest BCUT2D eigenvalue weighted by Gasteiger charge is 2.38. The van der Waals surface area contributed by atoms with Crippen LogP contribution in [-0.2, 0) is 11.2 Å². The number of hydrogen-bond acceptors (Lipinski definition) is 10. The minimum atomic E-state index is -0.125. The molecule has 3 aromatic heterocycles. The van der Waals surface area contributed by atoms with Gasteiger partial charge >= 0.3 is 0 Å². The van der Waals surface area contributed by atoms with Crippen LogP contribution in [0.1, 0.15) is 24.0 Å². The molecule has 1 spiro atoms. The van der Waals surface area contributed by atoms with Crippen molar-refractivity contribution in [2.45, 2.75) is 31.8 Å². The summed E-state index contributed by atoms with van der Waals surface area (Å²) in [6.07, 6.45) is 7.44. The molecule has 11 heteroatoms. The molecule has 0 aliphatic carbocycles. The van der Waals surface area contributed by atoms with Crippen LogP contribution in [0.4, 0.5) is 11.5 Å². The molecule has 0 amide bonds. The zero-order chi connectivity index (χ0) is 26.2. The lowest BCUT2D eigenvalue weighted by Crippen LogP contribution is -2.44. The Kier molecular flexibility index (Phi) is 5.77. The fourth-order valence-electron chi connectivity index (χ4n) is 5.13. The third-order valence-electron chi connectivity index (χ3n) is 7.26. The molecular weight excluding hydrogens is 494 g/mol. The van der Waals surface area contributed by atoms with Crippen LogP contribution in [0.5, 0.6) is 11.6 Å². The number of anilines is 2. The van der Waals surface area contributed by atoms with E-state index < -0.39 is 0 Å². The highest BCUT2D eigenvalue weighted by Crippen LogP contribution is 2.31. The van der Waals surface area contributed by atoms with Gasteiger partial charge in [-0.05, 0) is 61.5 Å². The second-order valence-electron chi connectivity index (χ2n) is 10.0. The van der Waals surface area contributed by atoms with Crippen molar-refractivity contribution in [3.8, 4) is 11.6 Å². The molecule has 2 aromatic carbocycles. The van der Waals surface area contributed by atoms with Gasteiger partial charge in [0.1, 0.15) is 36.2 Å². The van der Waals surface area contributed by atoms with E-state index >= 15 is 0 Å². The molecule has 7 rings (SSSR count). The van der Waals surface area contributed by atoms with Crippen molar-refractivity contribution in [2.24, 2.45) is 4.99 Å². The van der Waals surface area contributed by atoms with Gasteiger partial charge in [-0.2, -0.15) is 0 Å². The maximum atomic E-state index is 6.35. The second-order valence-corrected chi connectivity index (χ2v) is 10.0. The number of aromatic nitrogens is 6. The number of benzene rings is 2. The molecule has 2 N–H and O–H groups in total. The monoisotopic (exact) mass is 521 g/mol. The summed E-state index contributed by atoms with van der Waals surface area (Å²) in [6, 6.07) is 13.9. The molecule has 1 fully saturated rings. The zero-order valence-electron chi connectivity index (χ0n) is 21.5. The van der Waals surface area contributed by atoms with Crippen LogP contribution in [0.25, 0.3) is 16.6 Å². The second kappa shape index (κ2) is 9.59. The van der Waals surface area contributed by atoms with E-state index in [1.54, 1.807) is 29.4 Å². The van der Waals surface area contributed by atoms with E-state index in [1.165, 1.54) is 0 Å². The first-order valence-electron chi connectivity index (χ1n) is 13.0. The highest BCUT2D eigenvalue weighted by molar-refractivity contribution is 5.92. The third-order valence-corrected chi connectivity index (χ3v) is 7.26. The smallest absolute Gasteiger partial charge is 0.224 e. The third kappa shape index (κ3) is 4.72. The Labute approximate surface area is 224 Å². The fourth-order valence-corrected chi connectivity index (χ4v) is 5.13. The van der Waals surface area contributed by atoms with E-state index in [2.05, 4.69) is 47.9 Å². The molecule has 1 saturated heterocycles. The predicted octanol–water partition coefficient (Wildman–Crippen LogP) is 4.01. The van der Waals surface area contributed by atoms with Crippen LogP contribution >= 0.6 is 0 Å². The Bertz CT molecular complexity index is 1710. The molecular formula is C28H27N9O2. The molecule has 0 atom stereocenters. The van der Waals surface area contributed by atoms with Crippen molar-refractivity contribution >= 4 is 34.0 Å². The minimum absolute atomic E-state index is 0.125. The highest BCUT2D eigenvalue weighted by atomic mass is 16.5. The van der Waals surface area contributed by atoms with Gasteiger partial charge in [0.05, 0.1) is 12.1 Å². The molecule has 2 aliphatic heterocycles. The van der Waals surface area contributed by atoms with Gasteiger partial charge in [0.2, 0.25) is 5.88 Å². The predicted molar refractivity (Wildman–Crippen MR) is 147 cm³/mol. The summed E-state index contributed by atoms with van der Waals surface area (Å²) in [5.74, 6) is 2.70. The molecule has 5 aromatic rings. The first-order chi connectivity index (χ1) is 19.1. The topological polar surface area (TPSA) is 124 Å². The standard InChI is InChI=1S/C28H27N9O2/c1-18-10-20(3-5-23(18)38-25-13-24-36-34-17-37(24)16-33-25)35-27-21-11-19(2-4-22(21)31-15-32-27)12-26-30-14-28(39-26)6-8-29-9-7-28/h2-5,10-11,13,15-17,29H,6-9,12,14H2,1H3,(H,31,32,35). The van der Waals surface area contributed by atoms with Gasteiger partial charge in [0.15, 0.2) is 11.5 Å². The van der Waals surface area contributed by atoms with Gasteiger partial charge in [0.25, 0.3) is 0 Å². The lowest BCUT2D eigenvalue weighted by Gasteiger charge is -2.32. The largest absolute Gasteiger partial charge is 0.472 e. The van der Waals surface area contributed by atoms with Gasteiger partial charge in [-0.3, -0.25) is 9.39 Å². The van der Waals surface area contributed by atoms with Crippen molar-refractivity contribution in [1.82, 2.24) is 34.9 Å². The van der Waals surface area contributed by atoms with Crippen LogP contribution in [0.2, 0.25) is 0 Å². The fraction of sp³-hybridized carbons (Fsp3) is 0.286. The molecule has 196 valence electrons. The van der Waals surface area contributed by atoms with E-state index in [4.69, 9.17) is 14.5 Å². The number of aryl methyl sites for hydroxylation is 1. The summed E-state index contributed by atoms with van der Waals surface area (Å²) in [4.78, 5) is 18.1. The molecule has 0 bridgehead atoms. The number of nitrogens with one attached hydrogen (secondary N) is 2. The van der Waals surface area contributed by atoms with Gasteiger partial charge < -0.3 is 20.1 Å². The van der Waals surface area contributed by atoms with E-state index in [0.29, 0.717) is 23.7 Å². The number of aliphatic imine (C=N–C) groups is 1. The summed E-state index contributed by atoms with van der Waals surface area (Å²) in [5.41, 5.74) is 4.37. The molecule has 2 aliphatic rings. The first-order valence-corrected chi connectivity index (χ1v) is 13.0. The Morgan fingerprint density at radius 2 is 1.97 bits per heavy atom. The van der Waals surface area contributed by atoms with Crippen LogP contribution in [0, 0.1) is 6.92 Å². The molecule has 11 nitrogen and oxygen atoms in total. The molecule has 0 saturated carbocycles. The number of hydrogen-bond donors (Lipinski definition) is 2. The number of ether oxygens (including phenoxy) is 2. The maximum Gasteiger partial charge on any atom is 0.224 e. The number of rotatable bonds is 6. The number of piperidine rings is 1. The molecule has 0 unspecified atom stereocenters. The van der Waals surface area contributed by atoms with Gasteiger partial charge in [-0.1, -0.05) is 6.07 Å². The van der Waals surface area contributed by atoms with Crippen molar-refractivity contribution in [3.05, 3.63) is 72.6 Å². The maximum absolute atomic E-state index is 6.35. The molecule has 0 radical (unpaired) electrons. The van der Waals surface area contributed by atoms with Gasteiger partial charge in [-0.15, -0.1) is 10.2 Å². The Morgan fingerprint density at radius 3 is 2.87 bits per heavy atom. The summed E-state index contributed by atoms with van der Waals surface area (Å²) in [5, 5.41) is 15.7. The van der Waals surface area contributed by atoms with Crippen molar-refractivity contribution in [2.75, 3.05) is 25.0 Å². The Morgan fingerprint density at radius 1 is 1.05 bits per heavy atom. The van der Waals surface area contributed by atoms with Gasteiger partial charge in [0, 0.05) is 36.4 Å². The van der Waals surface area contributed by atoms with Crippen LogP contribution in [0.3, 0.4) is 0 Å². The van der Waals surface area contributed by atoms with Crippen LogP contribution in [0.15, 0.2) is 66.4 Å². The van der Waals surface area contributed by atoms with E-state index in [0.717, 1.165) is 71.9 Å². The summed E-state index contributed by atoms with van der Waals surface area (Å²) in [6.45, 7) is 4.70. The average Bonchev–Trinajstić information content (AvgIpc) is 3.57. The van der Waals surface area contributed by atoms with Crippen molar-refractivity contribution < 1.29 is 9.47 Å². The minimum Gasteiger partial charge on any atom is -0.472 e. The average molecular weight is 522 g/mol. The van der Waals surface area contributed by atoms with Gasteiger partial charge in [-0.25, -0.2) is 15.0 Å². The lowest BCUT2D eigenvalue weighted by atomic mass is 9.93. The number of nitrogens with zero attached hydrogens (tertiary/aromatic N) is 7. The SMILES string of the molecule is Cc1cc(Nc2ncnc3ccc(CC4=NCC5(CCNCC5)O4)cc23)ccc1Oc1cc2nncn2cn1. The first kappa shape index (κ1) is 23.5. The lowest BCUT2D eigenvalue weighted by molar-refractivity contribution is 0.0519.